The number of carbonyl (C=O) groups is 1. The van der Waals surface area contributed by atoms with E-state index in [9.17, 15) is 4.79 Å². The highest BCUT2D eigenvalue weighted by Crippen LogP contribution is 2.32. The van der Waals surface area contributed by atoms with Crippen molar-refractivity contribution >= 4 is 6.09 Å². The summed E-state index contributed by atoms with van der Waals surface area (Å²) >= 11 is 0. The van der Waals surface area contributed by atoms with Crippen LogP contribution >= 0.6 is 0 Å². The van der Waals surface area contributed by atoms with Gasteiger partial charge in [0.1, 0.15) is 6.61 Å². The number of aromatic nitrogens is 2. The smallest absolute Gasteiger partial charge is 0.410 e. The van der Waals surface area contributed by atoms with Crippen LogP contribution in [-0.2, 0) is 24.3 Å². The van der Waals surface area contributed by atoms with Gasteiger partial charge in [-0.25, -0.2) is 4.79 Å². The number of pyridine rings is 2. The Hall–Kier alpha value is -3.29. The second kappa shape index (κ2) is 11.6. The maximum absolute atomic E-state index is 13.2. The number of likely N-dealkylation sites (N-methyl/N-ethyl adjacent to an activating group) is 1. The second-order valence-electron chi connectivity index (χ2n) is 9.84. The molecule has 5 rings (SSSR count). The molecule has 7 heteroatoms. The third kappa shape index (κ3) is 5.91. The molecule has 1 fully saturated rings. The lowest BCUT2D eigenvalue weighted by Gasteiger charge is -2.43. The van der Waals surface area contributed by atoms with Gasteiger partial charge < -0.3 is 9.64 Å². The van der Waals surface area contributed by atoms with Gasteiger partial charge in [-0.3, -0.25) is 19.8 Å². The normalized spacial score (nSPS) is 20.2. The first-order chi connectivity index (χ1) is 17.7. The van der Waals surface area contributed by atoms with Crippen LogP contribution in [0.25, 0.3) is 0 Å². The fourth-order valence-electron chi connectivity index (χ4n) is 5.46. The van der Waals surface area contributed by atoms with E-state index in [2.05, 4.69) is 34.0 Å². The molecule has 7 nitrogen and oxygen atoms in total. The highest BCUT2D eigenvalue weighted by molar-refractivity contribution is 5.68. The molecule has 3 aromatic rings. The number of rotatable bonds is 7. The molecule has 0 radical (unpaired) electrons. The number of benzene rings is 1. The van der Waals surface area contributed by atoms with E-state index in [-0.39, 0.29) is 24.8 Å². The number of ether oxygens (including phenoxy) is 1. The number of piperazine rings is 1. The zero-order chi connectivity index (χ0) is 24.7. The summed E-state index contributed by atoms with van der Waals surface area (Å²) in [7, 11) is 2.17. The topological polar surface area (TPSA) is 61.8 Å². The van der Waals surface area contributed by atoms with E-state index in [0.29, 0.717) is 6.54 Å². The highest BCUT2D eigenvalue weighted by Gasteiger charge is 2.34. The van der Waals surface area contributed by atoms with Crippen LogP contribution in [0.2, 0.25) is 0 Å². The molecule has 0 saturated carbocycles. The molecule has 3 heterocycles. The maximum atomic E-state index is 13.2. The van der Waals surface area contributed by atoms with E-state index in [1.165, 1.54) is 11.3 Å². The molecule has 0 N–H and O–H groups in total. The Morgan fingerprint density at radius 3 is 2.69 bits per heavy atom. The van der Waals surface area contributed by atoms with Crippen molar-refractivity contribution in [2.45, 2.75) is 44.5 Å². The van der Waals surface area contributed by atoms with E-state index in [4.69, 9.17) is 9.72 Å². The predicted molar refractivity (Wildman–Crippen MR) is 139 cm³/mol. The van der Waals surface area contributed by atoms with E-state index in [1.807, 2.05) is 65.8 Å². The van der Waals surface area contributed by atoms with Crippen LogP contribution in [0.3, 0.4) is 0 Å². The molecule has 2 aromatic heterocycles. The molecule has 0 bridgehead atoms. The quantitative estimate of drug-likeness (QED) is 0.497. The fraction of sp³-hybridized carbons (Fsp3) is 0.414. The molecule has 1 saturated heterocycles. The van der Waals surface area contributed by atoms with Gasteiger partial charge in [0.2, 0.25) is 0 Å². The fourth-order valence-corrected chi connectivity index (χ4v) is 5.46. The summed E-state index contributed by atoms with van der Waals surface area (Å²) in [5.41, 5.74) is 4.58. The van der Waals surface area contributed by atoms with Crippen LogP contribution in [0.1, 0.15) is 41.4 Å². The molecule has 1 aliphatic carbocycles. The van der Waals surface area contributed by atoms with Gasteiger partial charge in [0.15, 0.2) is 0 Å². The lowest BCUT2D eigenvalue weighted by molar-refractivity contribution is 0.0246. The lowest BCUT2D eigenvalue weighted by atomic mass is 9.91. The molecule has 2 aliphatic rings. The zero-order valence-electron chi connectivity index (χ0n) is 21.0. The van der Waals surface area contributed by atoms with Crippen molar-refractivity contribution in [2.24, 2.45) is 0 Å². The van der Waals surface area contributed by atoms with Crippen LogP contribution in [0.4, 0.5) is 4.79 Å². The van der Waals surface area contributed by atoms with Crippen molar-refractivity contribution < 1.29 is 9.53 Å². The predicted octanol–water partition coefficient (Wildman–Crippen LogP) is 4.31. The first-order valence-corrected chi connectivity index (χ1v) is 12.9. The van der Waals surface area contributed by atoms with Gasteiger partial charge in [-0.2, -0.15) is 0 Å². The van der Waals surface area contributed by atoms with Gasteiger partial charge in [-0.05, 0) is 55.6 Å². The van der Waals surface area contributed by atoms with Crippen molar-refractivity contribution in [3.8, 4) is 0 Å². The zero-order valence-corrected chi connectivity index (χ0v) is 21.0. The van der Waals surface area contributed by atoms with Crippen molar-refractivity contribution in [3.63, 3.8) is 0 Å². The minimum Gasteiger partial charge on any atom is -0.445 e. The van der Waals surface area contributed by atoms with E-state index >= 15 is 0 Å². The molecule has 0 spiro atoms. The molecule has 1 aliphatic heterocycles. The van der Waals surface area contributed by atoms with Crippen LogP contribution in [0.5, 0.6) is 0 Å². The van der Waals surface area contributed by atoms with E-state index in [0.717, 1.165) is 56.7 Å². The number of amides is 1. The summed E-state index contributed by atoms with van der Waals surface area (Å²) in [4.78, 5) is 29.2. The summed E-state index contributed by atoms with van der Waals surface area (Å²) in [5.74, 6) is 0. The minimum atomic E-state index is -0.239. The van der Waals surface area contributed by atoms with Crippen molar-refractivity contribution in [1.29, 1.82) is 0 Å². The molecular formula is C29H35N5O2. The Balaban J connectivity index is 1.29. The first kappa shape index (κ1) is 24.4. The Morgan fingerprint density at radius 2 is 1.86 bits per heavy atom. The van der Waals surface area contributed by atoms with Crippen LogP contribution < -0.4 is 0 Å². The highest BCUT2D eigenvalue weighted by atomic mass is 16.6. The average Bonchev–Trinajstić information content (AvgIpc) is 2.92. The van der Waals surface area contributed by atoms with Gasteiger partial charge in [0.05, 0.1) is 23.5 Å². The Labute approximate surface area is 213 Å². The maximum Gasteiger partial charge on any atom is 0.410 e. The minimum absolute atomic E-state index is 0.0184. The largest absolute Gasteiger partial charge is 0.445 e. The molecule has 1 amide bonds. The summed E-state index contributed by atoms with van der Waals surface area (Å²) in [6.45, 7) is 4.05. The number of hydrogen-bond donors (Lipinski definition) is 0. The Morgan fingerprint density at radius 1 is 1.03 bits per heavy atom. The van der Waals surface area contributed by atoms with Crippen LogP contribution in [0, 0.1) is 0 Å². The molecule has 36 heavy (non-hydrogen) atoms. The lowest BCUT2D eigenvalue weighted by Crippen LogP contribution is -2.58. The van der Waals surface area contributed by atoms with Gasteiger partial charge in [-0.1, -0.05) is 42.5 Å². The Kier molecular flexibility index (Phi) is 7.88. The molecule has 2 atom stereocenters. The van der Waals surface area contributed by atoms with Crippen molar-refractivity contribution in [2.75, 3.05) is 33.2 Å². The number of nitrogens with zero attached hydrogens (tertiary/aromatic N) is 5. The van der Waals surface area contributed by atoms with Crippen LogP contribution in [0.15, 0.2) is 73.1 Å². The van der Waals surface area contributed by atoms with Crippen molar-refractivity contribution in [3.05, 3.63) is 95.6 Å². The molecule has 1 aromatic carbocycles. The number of fused-ring (bicyclic) bond motifs is 1. The SMILES string of the molecule is CN(C[C@@H]1CN(Cc2ccccn2)CCN1C(=O)OCc1ccccc1)[C@H]1CCCc2cccnc21. The molecular weight excluding hydrogens is 450 g/mol. The van der Waals surface area contributed by atoms with Gasteiger partial charge in [-0.15, -0.1) is 0 Å². The summed E-state index contributed by atoms with van der Waals surface area (Å²) in [6.07, 6.45) is 6.83. The van der Waals surface area contributed by atoms with Crippen LogP contribution in [-0.4, -0.2) is 70.0 Å². The Bertz CT molecular complexity index is 1130. The van der Waals surface area contributed by atoms with E-state index < -0.39 is 0 Å². The third-order valence-corrected chi connectivity index (χ3v) is 7.31. The number of aryl methyl sites for hydroxylation is 1. The van der Waals surface area contributed by atoms with Gasteiger partial charge in [0.25, 0.3) is 0 Å². The summed E-state index contributed by atoms with van der Waals surface area (Å²) < 4.78 is 5.76. The van der Waals surface area contributed by atoms with Crippen molar-refractivity contribution in [1.82, 2.24) is 24.7 Å². The molecule has 0 unspecified atom stereocenters. The summed E-state index contributed by atoms with van der Waals surface area (Å²) in [6, 6.07) is 20.4. The van der Waals surface area contributed by atoms with Gasteiger partial charge >= 0.3 is 6.09 Å². The van der Waals surface area contributed by atoms with E-state index in [1.54, 1.807) is 0 Å². The molecule has 188 valence electrons. The summed E-state index contributed by atoms with van der Waals surface area (Å²) in [5, 5.41) is 0. The monoisotopic (exact) mass is 485 g/mol. The number of hydrogen-bond acceptors (Lipinski definition) is 6. The number of carbonyl (C=O) groups excluding carboxylic acids is 1. The van der Waals surface area contributed by atoms with Gasteiger partial charge in [0, 0.05) is 45.1 Å². The first-order valence-electron chi connectivity index (χ1n) is 12.9. The second-order valence-corrected chi connectivity index (χ2v) is 9.84. The average molecular weight is 486 g/mol. The standard InChI is InChI=1S/C29H35N5O2/c1-32(27-14-7-11-24-12-8-16-31-28(24)27)20-26-21-33(19-25-13-5-6-15-30-25)17-18-34(26)29(35)36-22-23-9-3-2-4-10-23/h2-6,8-10,12-13,15-16,26-27H,7,11,14,17-22H2,1H3/t26-,27+/m1/s1. The third-order valence-electron chi connectivity index (χ3n) is 7.31.